The summed E-state index contributed by atoms with van der Waals surface area (Å²) >= 11 is 5.88. The molecule has 0 spiro atoms. The lowest BCUT2D eigenvalue weighted by molar-refractivity contribution is 0.627. The zero-order valence-corrected chi connectivity index (χ0v) is 11.9. The molecule has 1 aromatic heterocycles. The third-order valence-corrected chi connectivity index (χ3v) is 4.40. The van der Waals surface area contributed by atoms with Crippen LogP contribution in [-0.2, 0) is 10.8 Å². The van der Waals surface area contributed by atoms with Crippen molar-refractivity contribution in [1.82, 2.24) is 15.3 Å². The molecule has 7 heteroatoms. The van der Waals surface area contributed by atoms with E-state index in [4.69, 9.17) is 11.6 Å². The number of nitrogens with one attached hydrogen (secondary N) is 1. The Morgan fingerprint density at radius 2 is 2.41 bits per heavy atom. The van der Waals surface area contributed by atoms with E-state index in [1.807, 2.05) is 6.92 Å². The predicted octanol–water partition coefficient (Wildman–Crippen LogP) is 1.58. The first kappa shape index (κ1) is 14.8. The highest BCUT2D eigenvalue weighted by Crippen LogP contribution is 2.15. The predicted molar refractivity (Wildman–Crippen MR) is 71.3 cm³/mol. The van der Waals surface area contributed by atoms with E-state index in [2.05, 4.69) is 15.3 Å². The maximum Gasteiger partial charge on any atom is 0.219 e. The average molecular weight is 296 g/mol. The Labute approximate surface area is 114 Å². The van der Waals surface area contributed by atoms with Gasteiger partial charge in [0.2, 0.25) is 5.16 Å². The maximum absolute atomic E-state index is 12.0. The minimum Gasteiger partial charge on any atom is -0.316 e. The fraction of sp³-hybridized carbons (Fsp3) is 0.600. The number of rotatable bonds is 3. The minimum atomic E-state index is -1.14. The van der Waals surface area contributed by atoms with Gasteiger partial charge in [0.05, 0.1) is 10.8 Å². The summed E-state index contributed by atoms with van der Waals surface area (Å²) < 4.78 is 12.0. The number of aromatic nitrogens is 2. The molecule has 2 atom stereocenters. The zero-order chi connectivity index (χ0) is 11.5. The smallest absolute Gasteiger partial charge is 0.219 e. The quantitative estimate of drug-likeness (QED) is 0.679. The highest BCUT2D eigenvalue weighted by atomic mass is 35.5. The van der Waals surface area contributed by atoms with Crippen molar-refractivity contribution in [2.45, 2.75) is 18.5 Å². The van der Waals surface area contributed by atoms with Gasteiger partial charge in [-0.3, -0.25) is 4.21 Å². The summed E-state index contributed by atoms with van der Waals surface area (Å²) in [5, 5.41) is 3.99. The number of halogens is 2. The van der Waals surface area contributed by atoms with Gasteiger partial charge in [0.15, 0.2) is 0 Å². The Morgan fingerprint density at radius 1 is 1.65 bits per heavy atom. The lowest BCUT2D eigenvalue weighted by Gasteiger charge is -2.07. The fourth-order valence-electron chi connectivity index (χ4n) is 1.66. The molecule has 1 N–H and O–H groups in total. The van der Waals surface area contributed by atoms with Gasteiger partial charge in [-0.1, -0.05) is 11.6 Å². The summed E-state index contributed by atoms with van der Waals surface area (Å²) in [6.45, 7) is 3.78. The summed E-state index contributed by atoms with van der Waals surface area (Å²) in [6.07, 6.45) is 2.70. The number of nitrogens with zero attached hydrogens (tertiary/aromatic N) is 2. The van der Waals surface area contributed by atoms with E-state index < -0.39 is 10.8 Å². The minimum absolute atomic E-state index is 0. The molecule has 4 nitrogen and oxygen atoms in total. The van der Waals surface area contributed by atoms with Crippen LogP contribution in [0.4, 0.5) is 0 Å². The Bertz CT molecular complexity index is 411. The lowest BCUT2D eigenvalue weighted by Crippen LogP contribution is -2.16. The van der Waals surface area contributed by atoms with E-state index in [0.29, 0.717) is 22.0 Å². The molecule has 1 aliphatic heterocycles. The summed E-state index contributed by atoms with van der Waals surface area (Å²) in [5.41, 5.74) is 0.810. The summed E-state index contributed by atoms with van der Waals surface area (Å²) in [5.74, 6) is 1.08. The van der Waals surface area contributed by atoms with Crippen molar-refractivity contribution in [2.75, 3.05) is 18.8 Å². The Kier molecular flexibility index (Phi) is 5.79. The van der Waals surface area contributed by atoms with Gasteiger partial charge in [-0.25, -0.2) is 9.97 Å². The van der Waals surface area contributed by atoms with Gasteiger partial charge in [0.1, 0.15) is 5.15 Å². The first-order valence-electron chi connectivity index (χ1n) is 5.25. The van der Waals surface area contributed by atoms with Crippen LogP contribution in [0.1, 0.15) is 12.0 Å². The molecule has 96 valence electrons. The number of hydrogen-bond donors (Lipinski definition) is 1. The highest BCUT2D eigenvalue weighted by molar-refractivity contribution is 7.84. The molecule has 2 heterocycles. The monoisotopic (exact) mass is 295 g/mol. The first-order chi connectivity index (χ1) is 7.66. The van der Waals surface area contributed by atoms with Gasteiger partial charge >= 0.3 is 0 Å². The molecule has 1 saturated heterocycles. The van der Waals surface area contributed by atoms with Crippen LogP contribution in [0.2, 0.25) is 5.15 Å². The molecular weight excluding hydrogens is 281 g/mol. The molecule has 0 aromatic carbocycles. The van der Waals surface area contributed by atoms with Crippen LogP contribution >= 0.6 is 24.0 Å². The molecule has 1 fully saturated rings. The van der Waals surface area contributed by atoms with Crippen LogP contribution in [0.15, 0.2) is 11.4 Å². The SMILES string of the molecule is Cc1cnc(S(=O)CC2CCNC2)nc1Cl.Cl. The van der Waals surface area contributed by atoms with Crippen molar-refractivity contribution >= 4 is 34.8 Å². The Balaban J connectivity index is 0.00000144. The molecule has 0 amide bonds. The third-order valence-electron chi connectivity index (χ3n) is 2.64. The van der Waals surface area contributed by atoms with Crippen molar-refractivity contribution in [3.8, 4) is 0 Å². The summed E-state index contributed by atoms with van der Waals surface area (Å²) in [7, 11) is -1.14. The maximum atomic E-state index is 12.0. The van der Waals surface area contributed by atoms with Crippen molar-refractivity contribution < 1.29 is 4.21 Å². The molecule has 2 unspecified atom stereocenters. The van der Waals surface area contributed by atoms with E-state index in [1.165, 1.54) is 0 Å². The van der Waals surface area contributed by atoms with E-state index in [0.717, 1.165) is 25.1 Å². The van der Waals surface area contributed by atoms with Gasteiger partial charge in [-0.15, -0.1) is 12.4 Å². The second kappa shape index (κ2) is 6.64. The molecule has 2 rings (SSSR count). The molecular formula is C10H15Cl2N3OS. The van der Waals surface area contributed by atoms with Crippen LogP contribution in [0.25, 0.3) is 0 Å². The molecule has 17 heavy (non-hydrogen) atoms. The van der Waals surface area contributed by atoms with Gasteiger partial charge in [-0.05, 0) is 32.4 Å². The van der Waals surface area contributed by atoms with Crippen LogP contribution in [0.5, 0.6) is 0 Å². The second-order valence-electron chi connectivity index (χ2n) is 4.00. The molecule has 0 aliphatic carbocycles. The number of aryl methyl sites for hydroxylation is 1. The molecule has 0 bridgehead atoms. The fourth-order valence-corrected chi connectivity index (χ4v) is 3.07. The van der Waals surface area contributed by atoms with Crippen LogP contribution < -0.4 is 5.32 Å². The zero-order valence-electron chi connectivity index (χ0n) is 9.48. The Hall–Kier alpha value is -0.230. The highest BCUT2D eigenvalue weighted by Gasteiger charge is 2.19. The number of hydrogen-bond acceptors (Lipinski definition) is 4. The van der Waals surface area contributed by atoms with Gasteiger partial charge in [0.25, 0.3) is 0 Å². The second-order valence-corrected chi connectivity index (χ2v) is 5.74. The topological polar surface area (TPSA) is 54.9 Å². The summed E-state index contributed by atoms with van der Waals surface area (Å²) in [6, 6.07) is 0. The molecule has 0 radical (unpaired) electrons. The van der Waals surface area contributed by atoms with Crippen LogP contribution in [0.3, 0.4) is 0 Å². The average Bonchev–Trinajstić information content (AvgIpc) is 2.74. The van der Waals surface area contributed by atoms with Crippen molar-refractivity contribution in [3.63, 3.8) is 0 Å². The lowest BCUT2D eigenvalue weighted by atomic mass is 10.2. The standard InChI is InChI=1S/C10H14ClN3OS.ClH/c1-7-4-13-10(14-9(7)11)16(15)6-8-2-3-12-5-8;/h4,8,12H,2-3,5-6H2,1H3;1H. The largest absolute Gasteiger partial charge is 0.316 e. The van der Waals surface area contributed by atoms with Gasteiger partial charge in [-0.2, -0.15) is 0 Å². The van der Waals surface area contributed by atoms with E-state index in [9.17, 15) is 4.21 Å². The van der Waals surface area contributed by atoms with Crippen molar-refractivity contribution in [1.29, 1.82) is 0 Å². The molecule has 0 saturated carbocycles. The van der Waals surface area contributed by atoms with Gasteiger partial charge < -0.3 is 5.32 Å². The third kappa shape index (κ3) is 3.88. The van der Waals surface area contributed by atoms with Crippen LogP contribution in [-0.4, -0.2) is 33.0 Å². The van der Waals surface area contributed by atoms with E-state index in [-0.39, 0.29) is 12.4 Å². The van der Waals surface area contributed by atoms with Gasteiger partial charge in [0, 0.05) is 17.5 Å². The van der Waals surface area contributed by atoms with Crippen molar-refractivity contribution in [3.05, 3.63) is 16.9 Å². The molecule has 1 aromatic rings. The first-order valence-corrected chi connectivity index (χ1v) is 6.94. The normalized spacial score (nSPS) is 20.9. The Morgan fingerprint density at radius 3 is 3.00 bits per heavy atom. The van der Waals surface area contributed by atoms with E-state index in [1.54, 1.807) is 6.20 Å². The van der Waals surface area contributed by atoms with E-state index >= 15 is 0 Å². The van der Waals surface area contributed by atoms with Crippen molar-refractivity contribution in [2.24, 2.45) is 5.92 Å². The molecule has 1 aliphatic rings. The summed E-state index contributed by atoms with van der Waals surface area (Å²) in [4.78, 5) is 8.11. The van der Waals surface area contributed by atoms with Crippen LogP contribution in [0, 0.1) is 12.8 Å².